The summed E-state index contributed by atoms with van der Waals surface area (Å²) < 4.78 is 17.9. The lowest BCUT2D eigenvalue weighted by molar-refractivity contribution is 0.0429. The van der Waals surface area contributed by atoms with E-state index < -0.39 is 0 Å². The molecule has 0 aromatic heterocycles. The first-order chi connectivity index (χ1) is 14.0. The van der Waals surface area contributed by atoms with E-state index in [2.05, 4.69) is 42.7 Å². The van der Waals surface area contributed by atoms with Crippen molar-refractivity contribution in [2.45, 2.75) is 82.3 Å². The number of rotatable bonds is 6. The van der Waals surface area contributed by atoms with E-state index in [9.17, 15) is 0 Å². The second kappa shape index (κ2) is 7.76. The van der Waals surface area contributed by atoms with Gasteiger partial charge in [0.1, 0.15) is 11.7 Å². The molecular weight excluding hydrogens is 364 g/mol. The molecule has 3 atom stereocenters. The van der Waals surface area contributed by atoms with Crippen molar-refractivity contribution in [2.75, 3.05) is 45.9 Å². The van der Waals surface area contributed by atoms with Crippen LogP contribution < -0.4 is 0 Å². The Morgan fingerprint density at radius 2 is 1.83 bits per heavy atom. The molecule has 1 aliphatic carbocycles. The molecule has 1 saturated carbocycles. The first-order valence-corrected chi connectivity index (χ1v) is 11.7. The molecule has 5 fully saturated rings. The highest BCUT2D eigenvalue weighted by Crippen LogP contribution is 2.60. The van der Waals surface area contributed by atoms with Gasteiger partial charge in [-0.3, -0.25) is 9.80 Å². The van der Waals surface area contributed by atoms with E-state index >= 15 is 0 Å². The van der Waals surface area contributed by atoms with Crippen LogP contribution in [0.4, 0.5) is 0 Å². The summed E-state index contributed by atoms with van der Waals surface area (Å²) in [5.41, 5.74) is 3.09. The van der Waals surface area contributed by atoms with Gasteiger partial charge in [0.15, 0.2) is 0 Å². The summed E-state index contributed by atoms with van der Waals surface area (Å²) in [5.74, 6) is 0. The lowest BCUT2D eigenvalue weighted by atomic mass is 9.78. The molecule has 1 unspecified atom stereocenters. The van der Waals surface area contributed by atoms with E-state index in [0.29, 0.717) is 12.2 Å². The zero-order valence-electron chi connectivity index (χ0n) is 18.5. The minimum absolute atomic E-state index is 0.0368. The number of likely N-dealkylation sites (tertiary alicyclic amines) is 1. The smallest absolute Gasteiger partial charge is 0.121 e. The van der Waals surface area contributed by atoms with E-state index in [1.807, 2.05) is 0 Å². The lowest BCUT2D eigenvalue weighted by Crippen LogP contribution is -2.50. The zero-order valence-corrected chi connectivity index (χ0v) is 18.5. The lowest BCUT2D eigenvalue weighted by Gasteiger charge is -2.43. The Balaban J connectivity index is 1.04. The van der Waals surface area contributed by atoms with E-state index in [0.717, 1.165) is 45.3 Å². The molecule has 4 saturated heterocycles. The van der Waals surface area contributed by atoms with Crippen LogP contribution in [-0.4, -0.2) is 85.2 Å². The fourth-order valence-corrected chi connectivity index (χ4v) is 5.71. The van der Waals surface area contributed by atoms with E-state index in [-0.39, 0.29) is 11.2 Å². The van der Waals surface area contributed by atoms with Crippen LogP contribution >= 0.6 is 0 Å². The fraction of sp³-hybridized carbons (Fsp3) is 0.833. The number of ether oxygens (including phenoxy) is 3. The summed E-state index contributed by atoms with van der Waals surface area (Å²) in [7, 11) is 0. The van der Waals surface area contributed by atoms with Crippen molar-refractivity contribution < 1.29 is 14.2 Å². The summed E-state index contributed by atoms with van der Waals surface area (Å²) in [5, 5.41) is 0. The molecule has 1 spiro atoms. The van der Waals surface area contributed by atoms with Crippen molar-refractivity contribution >= 4 is 0 Å². The van der Waals surface area contributed by atoms with Crippen molar-refractivity contribution in [1.82, 2.24) is 9.80 Å². The fourth-order valence-electron chi connectivity index (χ4n) is 5.71. The van der Waals surface area contributed by atoms with Gasteiger partial charge in [-0.1, -0.05) is 17.7 Å². The SMILES string of the molecule is CC(C)=CC[C@H]1O[C@@]1(C)C1OC12CCC(N1CC(=CCN3CCOCC3)C1)CC2. The maximum absolute atomic E-state index is 6.32. The molecule has 29 heavy (non-hydrogen) atoms. The summed E-state index contributed by atoms with van der Waals surface area (Å²) in [6.45, 7) is 14.0. The Kier molecular flexibility index (Phi) is 5.40. The van der Waals surface area contributed by atoms with Crippen LogP contribution in [0, 0.1) is 0 Å². The summed E-state index contributed by atoms with van der Waals surface area (Å²) >= 11 is 0. The van der Waals surface area contributed by atoms with Gasteiger partial charge in [0, 0.05) is 38.8 Å². The van der Waals surface area contributed by atoms with Gasteiger partial charge in [-0.15, -0.1) is 0 Å². The van der Waals surface area contributed by atoms with Crippen molar-refractivity contribution in [3.63, 3.8) is 0 Å². The molecule has 5 nitrogen and oxygen atoms in total. The zero-order chi connectivity index (χ0) is 20.1. The predicted molar refractivity (Wildman–Crippen MR) is 114 cm³/mol. The molecule has 5 aliphatic rings. The second-order valence-corrected chi connectivity index (χ2v) is 10.3. The second-order valence-electron chi connectivity index (χ2n) is 10.3. The highest BCUT2D eigenvalue weighted by molar-refractivity contribution is 5.23. The first kappa shape index (κ1) is 20.2. The normalized spacial score (nSPS) is 42.4. The molecule has 5 heteroatoms. The number of epoxide rings is 2. The largest absolute Gasteiger partial charge is 0.379 e. The van der Waals surface area contributed by atoms with Crippen LogP contribution in [0.15, 0.2) is 23.3 Å². The van der Waals surface area contributed by atoms with Crippen LogP contribution in [0.3, 0.4) is 0 Å². The minimum Gasteiger partial charge on any atom is -0.379 e. The number of nitrogens with zero attached hydrogens (tertiary/aromatic N) is 2. The Bertz CT molecular complexity index is 664. The summed E-state index contributed by atoms with van der Waals surface area (Å²) in [4.78, 5) is 5.18. The van der Waals surface area contributed by atoms with E-state index in [1.54, 1.807) is 5.57 Å². The Morgan fingerprint density at radius 3 is 2.52 bits per heavy atom. The average molecular weight is 403 g/mol. The van der Waals surface area contributed by atoms with Gasteiger partial charge in [-0.25, -0.2) is 0 Å². The Morgan fingerprint density at radius 1 is 1.10 bits per heavy atom. The van der Waals surface area contributed by atoms with Crippen LogP contribution in [-0.2, 0) is 14.2 Å². The standard InChI is InChI=1S/C24H38N2O3/c1-18(2)4-5-21-23(3,28-21)22-24(29-22)9-6-20(7-10-24)26-16-19(17-26)8-11-25-12-14-27-15-13-25/h4,8,20-22H,5-7,9-17H2,1-3H3/t20?,21-,22?,23-,24?/m1/s1. The summed E-state index contributed by atoms with van der Waals surface area (Å²) in [6.07, 6.45) is 11.5. The molecule has 0 bridgehead atoms. The third kappa shape index (κ3) is 4.09. The minimum atomic E-state index is -0.0368. The topological polar surface area (TPSA) is 40.8 Å². The number of hydrogen-bond donors (Lipinski definition) is 0. The van der Waals surface area contributed by atoms with E-state index in [1.165, 1.54) is 44.3 Å². The van der Waals surface area contributed by atoms with Gasteiger partial charge >= 0.3 is 0 Å². The Labute approximate surface area is 176 Å². The van der Waals surface area contributed by atoms with Crippen LogP contribution in [0.1, 0.15) is 52.9 Å². The maximum Gasteiger partial charge on any atom is 0.121 e. The monoisotopic (exact) mass is 402 g/mol. The quantitative estimate of drug-likeness (QED) is 0.504. The third-order valence-corrected chi connectivity index (χ3v) is 7.88. The summed E-state index contributed by atoms with van der Waals surface area (Å²) in [6, 6.07) is 0.750. The highest BCUT2D eigenvalue weighted by Gasteiger charge is 2.73. The van der Waals surface area contributed by atoms with Crippen molar-refractivity contribution in [3.8, 4) is 0 Å². The van der Waals surface area contributed by atoms with Crippen molar-refractivity contribution in [1.29, 1.82) is 0 Å². The van der Waals surface area contributed by atoms with Gasteiger partial charge in [-0.2, -0.15) is 0 Å². The van der Waals surface area contributed by atoms with Crippen LogP contribution in [0.25, 0.3) is 0 Å². The predicted octanol–water partition coefficient (Wildman–Crippen LogP) is 3.15. The highest BCUT2D eigenvalue weighted by atomic mass is 16.7. The molecule has 4 aliphatic heterocycles. The molecule has 0 amide bonds. The third-order valence-electron chi connectivity index (χ3n) is 7.88. The molecule has 0 aromatic rings. The molecule has 0 radical (unpaired) electrons. The molecule has 162 valence electrons. The van der Waals surface area contributed by atoms with Crippen LogP contribution in [0.5, 0.6) is 0 Å². The van der Waals surface area contributed by atoms with Gasteiger partial charge in [0.25, 0.3) is 0 Å². The maximum atomic E-state index is 6.32. The van der Waals surface area contributed by atoms with Gasteiger partial charge < -0.3 is 14.2 Å². The first-order valence-electron chi connectivity index (χ1n) is 11.7. The molecule has 5 rings (SSSR count). The van der Waals surface area contributed by atoms with E-state index in [4.69, 9.17) is 14.2 Å². The number of allylic oxidation sites excluding steroid dienone is 1. The van der Waals surface area contributed by atoms with Crippen molar-refractivity contribution in [2.24, 2.45) is 0 Å². The molecule has 0 aromatic carbocycles. The number of morpholine rings is 1. The molecular formula is C24H38N2O3. The van der Waals surface area contributed by atoms with Crippen molar-refractivity contribution in [3.05, 3.63) is 23.3 Å². The molecule has 0 N–H and O–H groups in total. The van der Waals surface area contributed by atoms with Gasteiger partial charge in [-0.05, 0) is 58.4 Å². The average Bonchev–Trinajstić information content (AvgIpc) is 3.57. The van der Waals surface area contributed by atoms with Crippen LogP contribution in [0.2, 0.25) is 0 Å². The van der Waals surface area contributed by atoms with Gasteiger partial charge in [0.05, 0.1) is 24.9 Å². The Hall–Kier alpha value is -0.720. The van der Waals surface area contributed by atoms with Gasteiger partial charge in [0.2, 0.25) is 0 Å². The number of hydrogen-bond acceptors (Lipinski definition) is 5. The molecule has 4 heterocycles.